The Morgan fingerprint density at radius 2 is 1.31 bits per heavy atom. The molecule has 1 radical (unpaired) electrons. The minimum Gasteiger partial charge on any atom is -0.305 e. The van der Waals surface area contributed by atoms with Crippen molar-refractivity contribution in [2.24, 2.45) is 0 Å². The van der Waals surface area contributed by atoms with E-state index < -0.39 is 0 Å². The molecule has 0 atom stereocenters. The van der Waals surface area contributed by atoms with Crippen molar-refractivity contribution >= 4 is 21.4 Å². The summed E-state index contributed by atoms with van der Waals surface area (Å²) < 4.78 is 1.28. The first-order valence-electron chi connectivity index (χ1n) is 11.9. The van der Waals surface area contributed by atoms with Gasteiger partial charge >= 0.3 is 0 Å². The van der Waals surface area contributed by atoms with E-state index in [0.717, 1.165) is 22.5 Å². The molecule has 0 aliphatic carbocycles. The van der Waals surface area contributed by atoms with Crippen molar-refractivity contribution in [2.75, 3.05) is 0 Å². The van der Waals surface area contributed by atoms with Gasteiger partial charge in [-0.2, -0.15) is 0 Å². The molecule has 0 unspecified atom stereocenters. The first kappa shape index (κ1) is 27.9. The molecule has 0 saturated heterocycles. The van der Waals surface area contributed by atoms with E-state index in [4.69, 9.17) is 0 Å². The Labute approximate surface area is 233 Å². The second kappa shape index (κ2) is 11.6. The summed E-state index contributed by atoms with van der Waals surface area (Å²) in [6.45, 7) is 13.3. The number of fused-ring (bicyclic) bond motifs is 1. The van der Waals surface area contributed by atoms with E-state index in [9.17, 15) is 0 Å². The maximum absolute atomic E-state index is 4.52. The predicted molar refractivity (Wildman–Crippen MR) is 150 cm³/mol. The van der Waals surface area contributed by atoms with Crippen molar-refractivity contribution in [2.45, 2.75) is 52.4 Å². The first-order valence-corrected chi connectivity index (χ1v) is 12.8. The fourth-order valence-electron chi connectivity index (χ4n) is 3.72. The number of hydrogen-bond acceptors (Lipinski definition) is 3. The molecule has 2 aromatic carbocycles. The first-order chi connectivity index (χ1) is 16.6. The van der Waals surface area contributed by atoms with Crippen molar-refractivity contribution in [3.63, 3.8) is 0 Å². The molecule has 2 nitrogen and oxygen atoms in total. The van der Waals surface area contributed by atoms with Gasteiger partial charge in [-0.15, -0.1) is 82.1 Å². The van der Waals surface area contributed by atoms with Crippen LogP contribution in [0, 0.1) is 12.1 Å². The van der Waals surface area contributed by atoms with Gasteiger partial charge in [0.2, 0.25) is 0 Å². The van der Waals surface area contributed by atoms with Gasteiger partial charge in [-0.25, -0.2) is 0 Å². The van der Waals surface area contributed by atoms with Crippen molar-refractivity contribution in [1.29, 1.82) is 0 Å². The van der Waals surface area contributed by atoms with E-state index in [1.807, 2.05) is 24.4 Å². The summed E-state index contributed by atoms with van der Waals surface area (Å²) in [5.41, 5.74) is 7.06. The van der Waals surface area contributed by atoms with Crippen molar-refractivity contribution < 1.29 is 20.1 Å². The van der Waals surface area contributed by atoms with Crippen LogP contribution in [0.5, 0.6) is 0 Å². The van der Waals surface area contributed by atoms with E-state index in [0.29, 0.717) is 0 Å². The molecule has 36 heavy (non-hydrogen) atoms. The van der Waals surface area contributed by atoms with E-state index in [1.165, 1.54) is 21.2 Å². The third kappa shape index (κ3) is 6.76. The maximum Gasteiger partial charge on any atom is 0.0286 e. The minimum atomic E-state index is 0. The van der Waals surface area contributed by atoms with Crippen LogP contribution in [0.25, 0.3) is 32.6 Å². The van der Waals surface area contributed by atoms with Crippen molar-refractivity contribution in [3.8, 4) is 22.5 Å². The van der Waals surface area contributed by atoms with Gasteiger partial charge in [0, 0.05) is 37.2 Å². The Morgan fingerprint density at radius 3 is 1.83 bits per heavy atom. The Balaban J connectivity index is 0.000000198. The molecule has 5 rings (SSSR count). The molecule has 5 aromatic rings. The molecular weight excluding hydrogens is 637 g/mol. The Bertz CT molecular complexity index is 1380. The van der Waals surface area contributed by atoms with Crippen molar-refractivity contribution in [1.82, 2.24) is 9.97 Å². The fourth-order valence-corrected chi connectivity index (χ4v) is 4.50. The van der Waals surface area contributed by atoms with Crippen LogP contribution in [0.1, 0.15) is 52.7 Å². The Kier molecular flexibility index (Phi) is 9.00. The molecule has 3 aromatic heterocycles. The van der Waals surface area contributed by atoms with E-state index >= 15 is 0 Å². The zero-order valence-electron chi connectivity index (χ0n) is 21.7. The van der Waals surface area contributed by atoms with Crippen LogP contribution in [-0.2, 0) is 30.9 Å². The van der Waals surface area contributed by atoms with Crippen LogP contribution in [0.4, 0.5) is 0 Å². The molecule has 0 spiro atoms. The topological polar surface area (TPSA) is 25.8 Å². The zero-order valence-corrected chi connectivity index (χ0v) is 24.9. The van der Waals surface area contributed by atoms with E-state index in [2.05, 4.69) is 118 Å². The average molecular weight is 669 g/mol. The number of rotatable bonds is 2. The predicted octanol–water partition coefficient (Wildman–Crippen LogP) is 8.90. The van der Waals surface area contributed by atoms with Gasteiger partial charge in [0.05, 0.1) is 0 Å². The summed E-state index contributed by atoms with van der Waals surface area (Å²) in [5.74, 6) is 0. The summed E-state index contributed by atoms with van der Waals surface area (Å²) >= 11 is 1.75. The molecule has 187 valence electrons. The maximum atomic E-state index is 4.52. The standard InChI is InChI=1S/C17H16NS.C15H16N.Ir/c1-17(2,3)13-6-4-12(5-7-13)16-14-9-11-19-15(14)8-10-18-16;1-15(2,3)13-9-7-12(8-10-13)14-6-4-5-11-16-14;/h4,6-11H,1-3H3;4-7,9-11H,1-3H3;/q2*-1;. The molecular formula is C32H32IrN2S-2. The molecule has 0 N–H and O–H groups in total. The molecule has 0 aliphatic rings. The third-order valence-corrected chi connectivity index (χ3v) is 6.82. The van der Waals surface area contributed by atoms with Gasteiger partial charge in [0.25, 0.3) is 0 Å². The fraction of sp³-hybridized carbons (Fsp3) is 0.250. The summed E-state index contributed by atoms with van der Waals surface area (Å²) in [6, 6.07) is 29.5. The van der Waals surface area contributed by atoms with Crippen LogP contribution < -0.4 is 0 Å². The number of hydrogen-bond donors (Lipinski definition) is 0. The zero-order chi connectivity index (χ0) is 25.1. The van der Waals surface area contributed by atoms with Gasteiger partial charge in [-0.3, -0.25) is 0 Å². The monoisotopic (exact) mass is 669 g/mol. The molecule has 0 bridgehead atoms. The van der Waals surface area contributed by atoms with Crippen LogP contribution in [0.2, 0.25) is 0 Å². The molecule has 4 heteroatoms. The largest absolute Gasteiger partial charge is 0.305 e. The van der Waals surface area contributed by atoms with Crippen molar-refractivity contribution in [3.05, 3.63) is 108 Å². The Hall–Kier alpha value is -2.65. The molecule has 0 saturated carbocycles. The normalized spacial score (nSPS) is 11.4. The average Bonchev–Trinajstić information content (AvgIpc) is 3.33. The number of pyridine rings is 2. The van der Waals surface area contributed by atoms with E-state index in [1.54, 1.807) is 17.5 Å². The summed E-state index contributed by atoms with van der Waals surface area (Å²) in [7, 11) is 0. The van der Waals surface area contributed by atoms with Crippen LogP contribution in [0.3, 0.4) is 0 Å². The second-order valence-electron chi connectivity index (χ2n) is 10.7. The number of thiophene rings is 1. The quantitative estimate of drug-likeness (QED) is 0.176. The number of nitrogens with zero attached hydrogens (tertiary/aromatic N) is 2. The summed E-state index contributed by atoms with van der Waals surface area (Å²) in [5, 5.41) is 3.33. The van der Waals surface area contributed by atoms with E-state index in [-0.39, 0.29) is 30.9 Å². The smallest absolute Gasteiger partial charge is 0.0286 e. The third-order valence-electron chi connectivity index (χ3n) is 5.93. The molecule has 0 fully saturated rings. The minimum absolute atomic E-state index is 0. The van der Waals surface area contributed by atoms with Gasteiger partial charge in [0.15, 0.2) is 0 Å². The summed E-state index contributed by atoms with van der Waals surface area (Å²) in [4.78, 5) is 8.83. The van der Waals surface area contributed by atoms with Crippen LogP contribution in [-0.4, -0.2) is 9.97 Å². The number of aromatic nitrogens is 2. The second-order valence-corrected chi connectivity index (χ2v) is 11.6. The van der Waals surface area contributed by atoms with Gasteiger partial charge in [0.1, 0.15) is 0 Å². The van der Waals surface area contributed by atoms with Crippen LogP contribution >= 0.6 is 11.3 Å². The van der Waals surface area contributed by atoms with Gasteiger partial charge < -0.3 is 9.97 Å². The molecule has 3 heterocycles. The van der Waals surface area contributed by atoms with Gasteiger partial charge in [-0.05, 0) is 45.1 Å². The molecule has 0 aliphatic heterocycles. The Morgan fingerprint density at radius 1 is 0.667 bits per heavy atom. The SMILES string of the molecule is CC(C)(C)c1c[c-]c(-c2ccccn2)cc1.CC(C)(C)c1c[c-]c(-c2nccc3sccc23)cc1.[Ir]. The number of benzene rings is 2. The summed E-state index contributed by atoms with van der Waals surface area (Å²) in [6.07, 6.45) is 3.68. The van der Waals surface area contributed by atoms with Crippen LogP contribution in [0.15, 0.2) is 84.5 Å². The van der Waals surface area contributed by atoms with Gasteiger partial charge in [-0.1, -0.05) is 59.7 Å². The molecule has 0 amide bonds.